The van der Waals surface area contributed by atoms with E-state index in [-0.39, 0.29) is 24.5 Å². The molecule has 1 aliphatic rings. The molecule has 0 spiro atoms. The second kappa shape index (κ2) is 6.89. The third-order valence-electron chi connectivity index (χ3n) is 3.00. The van der Waals surface area contributed by atoms with Gasteiger partial charge in [-0.2, -0.15) is 0 Å². The minimum Gasteiger partial charge on any atom is -0.376 e. The lowest BCUT2D eigenvalue weighted by Crippen LogP contribution is -2.39. The Morgan fingerprint density at radius 2 is 2.00 bits per heavy atom. The lowest BCUT2D eigenvalue weighted by Gasteiger charge is -2.11. The Labute approximate surface area is 112 Å². The normalized spacial score (nSPS) is 18.0. The van der Waals surface area contributed by atoms with E-state index in [0.717, 1.165) is 19.4 Å². The summed E-state index contributed by atoms with van der Waals surface area (Å²) in [7, 11) is 0. The Kier molecular flexibility index (Phi) is 4.92. The van der Waals surface area contributed by atoms with Gasteiger partial charge in [0.05, 0.1) is 12.6 Å². The lowest BCUT2D eigenvalue weighted by molar-refractivity contribution is -0.120. The fraction of sp³-hybridized carbons (Fsp3) is 0.429. The van der Waals surface area contributed by atoms with Crippen LogP contribution in [0.4, 0.5) is 0 Å². The molecule has 5 nitrogen and oxygen atoms in total. The summed E-state index contributed by atoms with van der Waals surface area (Å²) in [6.07, 6.45) is 2.15. The van der Waals surface area contributed by atoms with E-state index >= 15 is 0 Å². The molecule has 1 aromatic rings. The number of carbonyl (C=O) groups excluding carboxylic acids is 2. The zero-order chi connectivity index (χ0) is 13.5. The van der Waals surface area contributed by atoms with Crippen molar-refractivity contribution in [2.24, 2.45) is 0 Å². The van der Waals surface area contributed by atoms with E-state index < -0.39 is 0 Å². The predicted molar refractivity (Wildman–Crippen MR) is 70.8 cm³/mol. The van der Waals surface area contributed by atoms with Gasteiger partial charge in [-0.15, -0.1) is 0 Å². The molecule has 2 rings (SSSR count). The van der Waals surface area contributed by atoms with Gasteiger partial charge in [0, 0.05) is 18.7 Å². The van der Waals surface area contributed by atoms with Crippen molar-refractivity contribution in [2.75, 3.05) is 19.7 Å². The maximum atomic E-state index is 11.7. The van der Waals surface area contributed by atoms with Crippen LogP contribution in [-0.4, -0.2) is 37.6 Å². The summed E-state index contributed by atoms with van der Waals surface area (Å²) in [4.78, 5) is 23.2. The van der Waals surface area contributed by atoms with Crippen LogP contribution in [0.25, 0.3) is 0 Å². The van der Waals surface area contributed by atoms with Crippen LogP contribution in [0.1, 0.15) is 23.2 Å². The van der Waals surface area contributed by atoms with Gasteiger partial charge >= 0.3 is 0 Å². The molecule has 1 aromatic carbocycles. The Hall–Kier alpha value is -1.88. The van der Waals surface area contributed by atoms with Crippen LogP contribution >= 0.6 is 0 Å². The van der Waals surface area contributed by atoms with Crippen molar-refractivity contribution in [1.29, 1.82) is 0 Å². The number of benzene rings is 1. The highest BCUT2D eigenvalue weighted by Crippen LogP contribution is 2.10. The van der Waals surface area contributed by atoms with Gasteiger partial charge in [0.1, 0.15) is 0 Å². The summed E-state index contributed by atoms with van der Waals surface area (Å²) in [6, 6.07) is 8.82. The zero-order valence-corrected chi connectivity index (χ0v) is 10.7. The molecular formula is C14H18N2O3. The summed E-state index contributed by atoms with van der Waals surface area (Å²) in [5.41, 5.74) is 0.550. The van der Waals surface area contributed by atoms with Gasteiger partial charge in [0.15, 0.2) is 0 Å². The first kappa shape index (κ1) is 13.5. The van der Waals surface area contributed by atoms with Gasteiger partial charge in [-0.25, -0.2) is 0 Å². The molecule has 5 heteroatoms. The molecule has 1 aliphatic heterocycles. The van der Waals surface area contributed by atoms with Crippen LogP contribution in [0.3, 0.4) is 0 Å². The SMILES string of the molecule is O=C(CNC(=O)c1ccccc1)NCC1CCCO1. The van der Waals surface area contributed by atoms with Crippen LogP contribution in [0.2, 0.25) is 0 Å². The highest BCUT2D eigenvalue weighted by Gasteiger charge is 2.16. The number of amides is 2. The van der Waals surface area contributed by atoms with E-state index in [1.54, 1.807) is 24.3 Å². The van der Waals surface area contributed by atoms with Crippen molar-refractivity contribution in [2.45, 2.75) is 18.9 Å². The molecule has 0 aromatic heterocycles. The van der Waals surface area contributed by atoms with Crippen molar-refractivity contribution >= 4 is 11.8 Å². The van der Waals surface area contributed by atoms with Crippen LogP contribution in [0, 0.1) is 0 Å². The molecule has 1 heterocycles. The average Bonchev–Trinajstić information content (AvgIpc) is 2.96. The highest BCUT2D eigenvalue weighted by atomic mass is 16.5. The van der Waals surface area contributed by atoms with E-state index in [1.165, 1.54) is 0 Å². The van der Waals surface area contributed by atoms with E-state index in [0.29, 0.717) is 12.1 Å². The average molecular weight is 262 g/mol. The first-order valence-corrected chi connectivity index (χ1v) is 6.47. The van der Waals surface area contributed by atoms with Crippen LogP contribution in [0.5, 0.6) is 0 Å². The van der Waals surface area contributed by atoms with E-state index in [1.807, 2.05) is 6.07 Å². The molecule has 102 valence electrons. The second-order valence-electron chi connectivity index (χ2n) is 4.49. The third kappa shape index (κ3) is 4.37. The van der Waals surface area contributed by atoms with Gasteiger partial charge in [-0.05, 0) is 25.0 Å². The van der Waals surface area contributed by atoms with Crippen LogP contribution < -0.4 is 10.6 Å². The summed E-state index contributed by atoms with van der Waals surface area (Å²) < 4.78 is 5.40. The van der Waals surface area contributed by atoms with E-state index in [4.69, 9.17) is 4.74 Å². The maximum Gasteiger partial charge on any atom is 0.251 e. The number of hydrogen-bond donors (Lipinski definition) is 2. The molecule has 0 bridgehead atoms. The molecule has 1 fully saturated rings. The molecule has 0 radical (unpaired) electrons. The first-order valence-electron chi connectivity index (χ1n) is 6.47. The van der Waals surface area contributed by atoms with Crippen LogP contribution in [0.15, 0.2) is 30.3 Å². The highest BCUT2D eigenvalue weighted by molar-refractivity contribution is 5.96. The van der Waals surface area contributed by atoms with Crippen molar-refractivity contribution < 1.29 is 14.3 Å². The lowest BCUT2D eigenvalue weighted by atomic mass is 10.2. The number of nitrogens with one attached hydrogen (secondary N) is 2. The molecule has 1 unspecified atom stereocenters. The van der Waals surface area contributed by atoms with Crippen molar-refractivity contribution in [3.63, 3.8) is 0 Å². The molecule has 2 amide bonds. The van der Waals surface area contributed by atoms with Crippen LogP contribution in [-0.2, 0) is 9.53 Å². The first-order chi connectivity index (χ1) is 9.25. The van der Waals surface area contributed by atoms with Gasteiger partial charge in [0.25, 0.3) is 5.91 Å². The molecule has 2 N–H and O–H groups in total. The quantitative estimate of drug-likeness (QED) is 0.821. The van der Waals surface area contributed by atoms with E-state index in [9.17, 15) is 9.59 Å². The van der Waals surface area contributed by atoms with Crippen molar-refractivity contribution in [1.82, 2.24) is 10.6 Å². The molecule has 1 atom stereocenters. The fourth-order valence-corrected chi connectivity index (χ4v) is 1.95. The molecular weight excluding hydrogens is 244 g/mol. The van der Waals surface area contributed by atoms with Crippen molar-refractivity contribution in [3.05, 3.63) is 35.9 Å². The smallest absolute Gasteiger partial charge is 0.251 e. The topological polar surface area (TPSA) is 67.4 Å². The zero-order valence-electron chi connectivity index (χ0n) is 10.7. The maximum absolute atomic E-state index is 11.7. The molecule has 0 saturated carbocycles. The van der Waals surface area contributed by atoms with Gasteiger partial charge in [-0.3, -0.25) is 9.59 Å². The predicted octanol–water partition coefficient (Wildman–Crippen LogP) is 0.712. The number of hydrogen-bond acceptors (Lipinski definition) is 3. The Balaban J connectivity index is 1.67. The van der Waals surface area contributed by atoms with Gasteiger partial charge in [-0.1, -0.05) is 18.2 Å². The van der Waals surface area contributed by atoms with Crippen molar-refractivity contribution in [3.8, 4) is 0 Å². The second-order valence-corrected chi connectivity index (χ2v) is 4.49. The summed E-state index contributed by atoms with van der Waals surface area (Å²) >= 11 is 0. The largest absolute Gasteiger partial charge is 0.376 e. The molecule has 1 saturated heterocycles. The Morgan fingerprint density at radius 3 is 2.68 bits per heavy atom. The fourth-order valence-electron chi connectivity index (χ4n) is 1.95. The standard InChI is InChI=1S/C14H18N2O3/c17-13(15-9-12-7-4-8-19-12)10-16-14(18)11-5-2-1-3-6-11/h1-3,5-6,12H,4,7-10H2,(H,15,17)(H,16,18). The molecule has 0 aliphatic carbocycles. The number of ether oxygens (including phenoxy) is 1. The summed E-state index contributed by atoms with van der Waals surface area (Å²) in [5.74, 6) is -0.437. The number of rotatable bonds is 5. The Morgan fingerprint density at radius 1 is 1.21 bits per heavy atom. The minimum absolute atomic E-state index is 0.0134. The third-order valence-corrected chi connectivity index (χ3v) is 3.00. The van der Waals surface area contributed by atoms with Gasteiger partial charge in [0.2, 0.25) is 5.91 Å². The summed E-state index contributed by atoms with van der Waals surface area (Å²) in [5, 5.41) is 5.34. The monoisotopic (exact) mass is 262 g/mol. The Bertz CT molecular complexity index is 428. The van der Waals surface area contributed by atoms with Gasteiger partial charge < -0.3 is 15.4 Å². The van der Waals surface area contributed by atoms with E-state index in [2.05, 4.69) is 10.6 Å². The number of carbonyl (C=O) groups is 2. The summed E-state index contributed by atoms with van der Waals surface area (Å²) in [6.45, 7) is 1.27. The molecule has 19 heavy (non-hydrogen) atoms. The minimum atomic E-state index is -0.243.